The Kier molecular flexibility index (Phi) is 9.17. The summed E-state index contributed by atoms with van der Waals surface area (Å²) in [5.41, 5.74) is 0. The van der Waals surface area contributed by atoms with E-state index in [0.29, 0.717) is 12.3 Å². The summed E-state index contributed by atoms with van der Waals surface area (Å²) in [5, 5.41) is 5.42. The summed E-state index contributed by atoms with van der Waals surface area (Å²) in [6.07, 6.45) is 3.39. The van der Waals surface area contributed by atoms with Gasteiger partial charge in [0.2, 0.25) is 11.8 Å². The fraction of sp³-hybridized carbons (Fsp3) is 0.846. The van der Waals surface area contributed by atoms with Crippen LogP contribution in [-0.2, 0) is 9.59 Å². The Balaban J connectivity index is 3.70. The number of rotatable bonds is 9. The molecule has 0 aliphatic heterocycles. The van der Waals surface area contributed by atoms with Crippen molar-refractivity contribution in [2.24, 2.45) is 0 Å². The van der Waals surface area contributed by atoms with E-state index in [4.69, 9.17) is 0 Å². The molecule has 0 saturated carbocycles. The number of nitrogens with one attached hydrogen (secondary N) is 2. The molecule has 0 aromatic heterocycles. The van der Waals surface area contributed by atoms with Gasteiger partial charge in [0, 0.05) is 27.3 Å². The second-order valence-corrected chi connectivity index (χ2v) is 12.1. The SMILES string of the molecule is CC(=O)NC(CS)C(=O)NCCCCC[Si](C)(C)C. The maximum Gasteiger partial charge on any atom is 0.243 e. The Bertz CT molecular complexity index is 293. The summed E-state index contributed by atoms with van der Waals surface area (Å²) in [5.74, 6) is -0.0270. The molecule has 4 nitrogen and oxygen atoms in total. The van der Waals surface area contributed by atoms with Crippen molar-refractivity contribution in [3.63, 3.8) is 0 Å². The van der Waals surface area contributed by atoms with Crippen molar-refractivity contribution < 1.29 is 9.59 Å². The van der Waals surface area contributed by atoms with Crippen LogP contribution in [0.1, 0.15) is 26.2 Å². The normalized spacial score (nSPS) is 12.9. The second kappa shape index (κ2) is 9.42. The Morgan fingerprint density at radius 2 is 1.79 bits per heavy atom. The third-order valence-electron chi connectivity index (χ3n) is 2.78. The zero-order valence-corrected chi connectivity index (χ0v) is 14.5. The summed E-state index contributed by atoms with van der Waals surface area (Å²) < 4.78 is 0. The minimum Gasteiger partial charge on any atom is -0.354 e. The number of hydrogen-bond acceptors (Lipinski definition) is 3. The highest BCUT2D eigenvalue weighted by molar-refractivity contribution is 7.80. The van der Waals surface area contributed by atoms with Crippen LogP contribution in [0.2, 0.25) is 25.7 Å². The van der Waals surface area contributed by atoms with E-state index in [-0.39, 0.29) is 11.8 Å². The first-order chi connectivity index (χ1) is 8.76. The van der Waals surface area contributed by atoms with E-state index in [1.165, 1.54) is 19.4 Å². The molecule has 6 heteroatoms. The molecule has 112 valence electrons. The van der Waals surface area contributed by atoms with Gasteiger partial charge in [0.05, 0.1) is 0 Å². The first-order valence-corrected chi connectivity index (χ1v) is 11.3. The average Bonchev–Trinajstić information content (AvgIpc) is 2.28. The van der Waals surface area contributed by atoms with Crippen LogP contribution in [0.15, 0.2) is 0 Å². The molecule has 2 N–H and O–H groups in total. The molecule has 0 aromatic rings. The standard InChI is InChI=1S/C13H28N2O2SSi/c1-11(16)15-12(10-18)13(17)14-8-6-5-7-9-19(2,3)4/h12,18H,5-10H2,1-4H3,(H,14,17)(H,15,16). The van der Waals surface area contributed by atoms with Crippen LogP contribution in [0.5, 0.6) is 0 Å². The van der Waals surface area contributed by atoms with Gasteiger partial charge in [-0.1, -0.05) is 38.5 Å². The molecule has 19 heavy (non-hydrogen) atoms. The Morgan fingerprint density at radius 3 is 2.26 bits per heavy atom. The van der Waals surface area contributed by atoms with Gasteiger partial charge in [0.25, 0.3) is 0 Å². The van der Waals surface area contributed by atoms with Crippen molar-refractivity contribution in [3.8, 4) is 0 Å². The maximum atomic E-state index is 11.7. The lowest BCUT2D eigenvalue weighted by Crippen LogP contribution is -2.47. The van der Waals surface area contributed by atoms with Crippen molar-refractivity contribution in [1.82, 2.24) is 10.6 Å². The van der Waals surface area contributed by atoms with E-state index in [2.05, 4.69) is 42.9 Å². The summed E-state index contributed by atoms with van der Waals surface area (Å²) in [6.45, 7) is 9.20. The van der Waals surface area contributed by atoms with Gasteiger partial charge < -0.3 is 10.6 Å². The molecule has 0 heterocycles. The summed E-state index contributed by atoms with van der Waals surface area (Å²) in [4.78, 5) is 22.6. The number of carbonyl (C=O) groups is 2. The molecule has 0 spiro atoms. The molecule has 0 fully saturated rings. The van der Waals surface area contributed by atoms with Gasteiger partial charge in [-0.3, -0.25) is 9.59 Å². The van der Waals surface area contributed by atoms with E-state index in [9.17, 15) is 9.59 Å². The van der Waals surface area contributed by atoms with Crippen LogP contribution in [0.4, 0.5) is 0 Å². The molecule has 0 radical (unpaired) electrons. The van der Waals surface area contributed by atoms with E-state index in [1.54, 1.807) is 0 Å². The molecule has 0 aliphatic carbocycles. The third kappa shape index (κ3) is 11.1. The smallest absolute Gasteiger partial charge is 0.243 e. The largest absolute Gasteiger partial charge is 0.354 e. The second-order valence-electron chi connectivity index (χ2n) is 6.10. The first-order valence-electron chi connectivity index (χ1n) is 6.92. The highest BCUT2D eigenvalue weighted by atomic mass is 32.1. The fourth-order valence-electron chi connectivity index (χ4n) is 1.73. The molecule has 0 aromatic carbocycles. The van der Waals surface area contributed by atoms with Crippen LogP contribution in [-0.4, -0.2) is 38.2 Å². The monoisotopic (exact) mass is 304 g/mol. The van der Waals surface area contributed by atoms with Crippen molar-refractivity contribution in [3.05, 3.63) is 0 Å². The first kappa shape index (κ1) is 18.5. The maximum absolute atomic E-state index is 11.7. The van der Waals surface area contributed by atoms with E-state index >= 15 is 0 Å². The topological polar surface area (TPSA) is 58.2 Å². The van der Waals surface area contributed by atoms with Crippen LogP contribution in [0.25, 0.3) is 0 Å². The van der Waals surface area contributed by atoms with Gasteiger partial charge >= 0.3 is 0 Å². The van der Waals surface area contributed by atoms with Crippen molar-refractivity contribution in [1.29, 1.82) is 0 Å². The highest BCUT2D eigenvalue weighted by Gasteiger charge is 2.16. The molecule has 2 amide bonds. The molecule has 0 rings (SSSR count). The lowest BCUT2D eigenvalue weighted by Gasteiger charge is -2.16. The van der Waals surface area contributed by atoms with E-state index in [1.807, 2.05) is 0 Å². The number of hydrogen-bond donors (Lipinski definition) is 3. The number of carbonyl (C=O) groups excluding carboxylic acids is 2. The lowest BCUT2D eigenvalue weighted by atomic mass is 10.2. The molecule has 0 aliphatic rings. The summed E-state index contributed by atoms with van der Waals surface area (Å²) in [7, 11) is -0.926. The van der Waals surface area contributed by atoms with Gasteiger partial charge in [0.15, 0.2) is 0 Å². The van der Waals surface area contributed by atoms with Crippen LogP contribution >= 0.6 is 12.6 Å². The summed E-state index contributed by atoms with van der Waals surface area (Å²) >= 11 is 4.07. The van der Waals surface area contributed by atoms with E-state index in [0.717, 1.165) is 12.8 Å². The zero-order chi connectivity index (χ0) is 14.9. The number of unbranched alkanes of at least 4 members (excludes halogenated alkanes) is 2. The lowest BCUT2D eigenvalue weighted by molar-refractivity contribution is -0.127. The average molecular weight is 305 g/mol. The van der Waals surface area contributed by atoms with Crippen LogP contribution in [0.3, 0.4) is 0 Å². The molecule has 1 unspecified atom stereocenters. The minimum absolute atomic E-state index is 0.143. The van der Waals surface area contributed by atoms with Crippen molar-refractivity contribution >= 4 is 32.5 Å². The highest BCUT2D eigenvalue weighted by Crippen LogP contribution is 2.13. The quantitative estimate of drug-likeness (QED) is 0.347. The van der Waals surface area contributed by atoms with Gasteiger partial charge in [-0.2, -0.15) is 12.6 Å². The third-order valence-corrected chi connectivity index (χ3v) is 5.00. The van der Waals surface area contributed by atoms with Crippen molar-refractivity contribution in [2.75, 3.05) is 12.3 Å². The Labute approximate surface area is 123 Å². The number of amides is 2. The van der Waals surface area contributed by atoms with Gasteiger partial charge in [0.1, 0.15) is 6.04 Å². The summed E-state index contributed by atoms with van der Waals surface area (Å²) in [6, 6.07) is 0.814. The Morgan fingerprint density at radius 1 is 1.16 bits per heavy atom. The molecular weight excluding hydrogens is 276 g/mol. The zero-order valence-electron chi connectivity index (χ0n) is 12.6. The van der Waals surface area contributed by atoms with Crippen LogP contribution in [0, 0.1) is 0 Å². The molecule has 0 saturated heterocycles. The van der Waals surface area contributed by atoms with E-state index < -0.39 is 14.1 Å². The molecule has 0 bridgehead atoms. The van der Waals surface area contributed by atoms with Gasteiger partial charge in [-0.15, -0.1) is 0 Å². The molecule has 1 atom stereocenters. The predicted molar refractivity (Wildman–Crippen MR) is 86.5 cm³/mol. The van der Waals surface area contributed by atoms with Crippen molar-refractivity contribution in [2.45, 2.75) is 57.9 Å². The van der Waals surface area contributed by atoms with Crippen LogP contribution < -0.4 is 10.6 Å². The van der Waals surface area contributed by atoms with Gasteiger partial charge in [-0.05, 0) is 6.42 Å². The minimum atomic E-state index is -0.926. The Hall–Kier alpha value is -0.493. The molecular formula is C13H28N2O2SSi. The predicted octanol–water partition coefficient (Wildman–Crippen LogP) is 2.05. The number of thiol groups is 1. The van der Waals surface area contributed by atoms with Gasteiger partial charge in [-0.25, -0.2) is 0 Å². The fourth-order valence-corrected chi connectivity index (χ4v) is 3.30.